The van der Waals surface area contributed by atoms with Crippen molar-refractivity contribution < 1.29 is 19.8 Å². The van der Waals surface area contributed by atoms with Gasteiger partial charge in [0, 0.05) is 17.3 Å². The SMILES string of the molecule is Oc1c(C=Nc2ccccc2)cccc1-c1ccccc1.[Cl][Ti]([Cl])[Cl]. The molecule has 0 spiro atoms. The molecule has 3 aromatic rings. The Morgan fingerprint density at radius 2 is 1.32 bits per heavy atom. The fourth-order valence-electron chi connectivity index (χ4n) is 2.17. The molecular formula is C19H15Cl3NOTi. The predicted octanol–water partition coefficient (Wildman–Crippen LogP) is 6.88. The van der Waals surface area contributed by atoms with Crippen molar-refractivity contribution in [1.29, 1.82) is 0 Å². The first-order valence-electron chi connectivity index (χ1n) is 7.38. The molecule has 0 saturated carbocycles. The standard InChI is InChI=1S/C19H15NO.3ClH.Ti/c21-19-16(14-20-17-11-5-2-6-12-17)10-7-13-18(19)15-8-3-1-4-9-15;;;;/h1-14,21H;3*1H;/q;;;;+3/p-3. The molecule has 0 amide bonds. The van der Waals surface area contributed by atoms with E-state index in [4.69, 9.17) is 27.9 Å². The first-order chi connectivity index (χ1) is 12.1. The molecule has 0 aliphatic carbocycles. The van der Waals surface area contributed by atoms with Crippen molar-refractivity contribution in [1.82, 2.24) is 0 Å². The fourth-order valence-corrected chi connectivity index (χ4v) is 2.17. The van der Waals surface area contributed by atoms with Crippen LogP contribution in [0.2, 0.25) is 0 Å². The van der Waals surface area contributed by atoms with Crippen LogP contribution >= 0.6 is 27.9 Å². The Bertz CT molecular complexity index is 809. The van der Waals surface area contributed by atoms with E-state index in [0.29, 0.717) is 5.56 Å². The van der Waals surface area contributed by atoms with Crippen molar-refractivity contribution in [2.45, 2.75) is 0 Å². The molecule has 3 aromatic carbocycles. The molecule has 0 aliphatic heterocycles. The molecule has 6 heteroatoms. The van der Waals surface area contributed by atoms with Gasteiger partial charge in [-0.1, -0.05) is 60.7 Å². The van der Waals surface area contributed by atoms with Gasteiger partial charge in [0.15, 0.2) is 0 Å². The molecule has 25 heavy (non-hydrogen) atoms. The summed E-state index contributed by atoms with van der Waals surface area (Å²) >= 11 is -1.92. The van der Waals surface area contributed by atoms with Crippen LogP contribution in [0.25, 0.3) is 11.1 Å². The number of aromatic hydroxyl groups is 1. The van der Waals surface area contributed by atoms with Gasteiger partial charge in [-0.15, -0.1) is 0 Å². The van der Waals surface area contributed by atoms with Gasteiger partial charge in [0.1, 0.15) is 5.75 Å². The summed E-state index contributed by atoms with van der Waals surface area (Å²) in [6.07, 6.45) is 1.69. The second kappa shape index (κ2) is 10.6. The summed E-state index contributed by atoms with van der Waals surface area (Å²) in [6.45, 7) is 0. The van der Waals surface area contributed by atoms with E-state index >= 15 is 0 Å². The summed E-state index contributed by atoms with van der Waals surface area (Å²) in [6, 6.07) is 25.2. The van der Waals surface area contributed by atoms with Crippen LogP contribution in [0.3, 0.4) is 0 Å². The monoisotopic (exact) mass is 426 g/mol. The average Bonchev–Trinajstić information content (AvgIpc) is 2.62. The molecule has 0 aromatic heterocycles. The fraction of sp³-hybridized carbons (Fsp3) is 0. The topological polar surface area (TPSA) is 32.6 Å². The van der Waals surface area contributed by atoms with Crippen LogP contribution in [-0.4, -0.2) is 11.3 Å². The molecule has 0 unspecified atom stereocenters. The normalized spacial score (nSPS) is 10.2. The van der Waals surface area contributed by atoms with E-state index in [1.165, 1.54) is 0 Å². The van der Waals surface area contributed by atoms with Gasteiger partial charge in [0.25, 0.3) is 0 Å². The van der Waals surface area contributed by atoms with Crippen molar-refractivity contribution in [2.75, 3.05) is 0 Å². The number of phenolic OH excluding ortho intramolecular Hbond substituents is 1. The van der Waals surface area contributed by atoms with Gasteiger partial charge < -0.3 is 5.11 Å². The van der Waals surface area contributed by atoms with E-state index in [0.717, 1.165) is 16.8 Å². The molecule has 127 valence electrons. The van der Waals surface area contributed by atoms with E-state index < -0.39 is 14.7 Å². The van der Waals surface area contributed by atoms with Crippen LogP contribution in [0, 0.1) is 0 Å². The molecule has 0 radical (unpaired) electrons. The molecule has 0 aliphatic rings. The number of halogens is 3. The van der Waals surface area contributed by atoms with Gasteiger partial charge in [0.05, 0.1) is 5.69 Å². The number of hydrogen-bond donors (Lipinski definition) is 1. The van der Waals surface area contributed by atoms with Crippen LogP contribution in [0.5, 0.6) is 5.75 Å². The minimum atomic E-state index is -1.92. The van der Waals surface area contributed by atoms with Gasteiger partial charge in [-0.05, 0) is 23.8 Å². The number of benzene rings is 3. The quantitative estimate of drug-likeness (QED) is 0.359. The molecular weight excluding hydrogens is 412 g/mol. The summed E-state index contributed by atoms with van der Waals surface area (Å²) in [5, 5.41) is 10.4. The summed E-state index contributed by atoms with van der Waals surface area (Å²) in [4.78, 5) is 4.39. The van der Waals surface area contributed by atoms with Crippen LogP contribution in [0.15, 0.2) is 83.9 Å². The van der Waals surface area contributed by atoms with Crippen LogP contribution in [-0.2, 0) is 14.7 Å². The van der Waals surface area contributed by atoms with Gasteiger partial charge >= 0.3 is 42.6 Å². The summed E-state index contributed by atoms with van der Waals surface area (Å²) in [5.41, 5.74) is 3.37. The molecule has 0 fully saturated rings. The maximum atomic E-state index is 10.4. The van der Waals surface area contributed by atoms with Gasteiger partial charge in [-0.3, -0.25) is 4.99 Å². The third-order valence-electron chi connectivity index (χ3n) is 3.26. The van der Waals surface area contributed by atoms with Gasteiger partial charge in [0.2, 0.25) is 0 Å². The summed E-state index contributed by atoms with van der Waals surface area (Å²) in [5.74, 6) is 0.253. The Labute approximate surface area is 165 Å². The minimum absolute atomic E-state index is 0.253. The van der Waals surface area contributed by atoms with E-state index in [2.05, 4.69) is 4.99 Å². The summed E-state index contributed by atoms with van der Waals surface area (Å²) < 4.78 is 0. The van der Waals surface area contributed by atoms with Crippen molar-refractivity contribution >= 4 is 39.8 Å². The first-order valence-corrected chi connectivity index (χ1v) is 13.8. The number of aliphatic imine (C=N–C) groups is 1. The number of nitrogens with zero attached hydrogens (tertiary/aromatic N) is 1. The Morgan fingerprint density at radius 3 is 1.92 bits per heavy atom. The number of para-hydroxylation sites is 2. The number of phenols is 1. The summed E-state index contributed by atoms with van der Waals surface area (Å²) in [7, 11) is 14.9. The van der Waals surface area contributed by atoms with E-state index in [1.54, 1.807) is 6.21 Å². The van der Waals surface area contributed by atoms with E-state index in [-0.39, 0.29) is 5.75 Å². The molecule has 0 atom stereocenters. The Morgan fingerprint density at radius 1 is 0.760 bits per heavy atom. The van der Waals surface area contributed by atoms with Crippen LogP contribution < -0.4 is 0 Å². The van der Waals surface area contributed by atoms with Gasteiger partial charge in [-0.25, -0.2) is 0 Å². The van der Waals surface area contributed by atoms with Crippen LogP contribution in [0.4, 0.5) is 5.69 Å². The number of hydrogen-bond acceptors (Lipinski definition) is 2. The van der Waals surface area contributed by atoms with E-state index in [1.807, 2.05) is 78.9 Å². The Balaban J connectivity index is 0.000000511. The third kappa shape index (κ3) is 6.85. The zero-order valence-corrected chi connectivity index (χ0v) is 16.9. The molecule has 0 saturated heterocycles. The van der Waals surface area contributed by atoms with Crippen molar-refractivity contribution in [2.24, 2.45) is 4.99 Å². The zero-order chi connectivity index (χ0) is 18.1. The second-order valence-corrected chi connectivity index (χ2v) is 12.7. The molecule has 0 heterocycles. The van der Waals surface area contributed by atoms with Crippen LogP contribution in [0.1, 0.15) is 5.56 Å². The molecule has 1 N–H and O–H groups in total. The molecule has 0 bridgehead atoms. The Hall–Kier alpha value is -1.29. The zero-order valence-electron chi connectivity index (χ0n) is 13.1. The Kier molecular flexibility index (Phi) is 8.53. The van der Waals surface area contributed by atoms with Gasteiger partial charge in [-0.2, -0.15) is 0 Å². The molecule has 3 rings (SSSR count). The maximum absolute atomic E-state index is 10.4. The third-order valence-corrected chi connectivity index (χ3v) is 3.26. The number of rotatable bonds is 3. The second-order valence-electron chi connectivity index (χ2n) is 4.92. The van der Waals surface area contributed by atoms with Crippen molar-refractivity contribution in [3.63, 3.8) is 0 Å². The average molecular weight is 428 g/mol. The van der Waals surface area contributed by atoms with E-state index in [9.17, 15) is 5.11 Å². The van der Waals surface area contributed by atoms with Crippen molar-refractivity contribution in [3.05, 3.63) is 84.4 Å². The predicted molar refractivity (Wildman–Crippen MR) is 105 cm³/mol. The van der Waals surface area contributed by atoms with Crippen molar-refractivity contribution in [3.8, 4) is 16.9 Å². The first kappa shape index (κ1) is 20.0. The molecule has 2 nitrogen and oxygen atoms in total.